The normalized spacial score (nSPS) is 20.6. The van der Waals surface area contributed by atoms with Crippen LogP contribution in [0.25, 0.3) is 0 Å². The van der Waals surface area contributed by atoms with Gasteiger partial charge in [0.2, 0.25) is 0 Å². The second-order valence-electron chi connectivity index (χ2n) is 4.32. The lowest BCUT2D eigenvalue weighted by atomic mass is 10.2. The Bertz CT molecular complexity index is 411. The van der Waals surface area contributed by atoms with Gasteiger partial charge >= 0.3 is 0 Å². The molecule has 0 aliphatic carbocycles. The number of hydrogen-bond donors (Lipinski definition) is 1. The van der Waals surface area contributed by atoms with Crippen LogP contribution in [0.1, 0.15) is 18.9 Å². The molecule has 2 N–H and O–H groups in total. The molecule has 1 saturated heterocycles. The number of rotatable bonds is 2. The molecule has 3 nitrogen and oxygen atoms in total. The standard InChI is InChI=1S/C12H18BrN3S/c1-3-9-7-16(4-5-17-9)12-11(13)8(2)10(14)6-15-12/h6,9H,3-5,7,14H2,1-2H3. The van der Waals surface area contributed by atoms with Crippen LogP contribution < -0.4 is 10.6 Å². The van der Waals surface area contributed by atoms with Crippen molar-refractivity contribution >= 4 is 39.2 Å². The molecule has 1 atom stereocenters. The van der Waals surface area contributed by atoms with E-state index in [1.165, 1.54) is 12.2 Å². The summed E-state index contributed by atoms with van der Waals surface area (Å²) in [6.45, 7) is 6.42. The zero-order valence-electron chi connectivity index (χ0n) is 10.2. The molecular formula is C12H18BrN3S. The van der Waals surface area contributed by atoms with Gasteiger partial charge in [0.05, 0.1) is 16.4 Å². The molecule has 1 aromatic rings. The highest BCUT2D eigenvalue weighted by Crippen LogP contribution is 2.33. The van der Waals surface area contributed by atoms with E-state index in [-0.39, 0.29) is 0 Å². The fraction of sp³-hybridized carbons (Fsp3) is 0.583. The van der Waals surface area contributed by atoms with E-state index in [2.05, 4.69) is 44.5 Å². The molecule has 0 saturated carbocycles. The summed E-state index contributed by atoms with van der Waals surface area (Å²) in [6.07, 6.45) is 2.98. The number of pyridine rings is 1. The molecule has 0 amide bonds. The second kappa shape index (κ2) is 5.48. The van der Waals surface area contributed by atoms with Crippen LogP contribution in [0.5, 0.6) is 0 Å². The minimum Gasteiger partial charge on any atom is -0.397 e. The number of anilines is 2. The van der Waals surface area contributed by atoms with Gasteiger partial charge in [-0.15, -0.1) is 0 Å². The van der Waals surface area contributed by atoms with E-state index >= 15 is 0 Å². The quantitative estimate of drug-likeness (QED) is 0.910. The summed E-state index contributed by atoms with van der Waals surface area (Å²) in [5.74, 6) is 2.21. The van der Waals surface area contributed by atoms with Crippen molar-refractivity contribution in [3.05, 3.63) is 16.2 Å². The number of nitrogens with zero attached hydrogens (tertiary/aromatic N) is 2. The fourth-order valence-electron chi connectivity index (χ4n) is 1.96. The number of nitrogens with two attached hydrogens (primary N) is 1. The predicted molar refractivity (Wildman–Crippen MR) is 79.8 cm³/mol. The number of hydrogen-bond acceptors (Lipinski definition) is 4. The smallest absolute Gasteiger partial charge is 0.143 e. The third-order valence-electron chi connectivity index (χ3n) is 3.18. The topological polar surface area (TPSA) is 42.2 Å². The summed E-state index contributed by atoms with van der Waals surface area (Å²) in [6, 6.07) is 0. The van der Waals surface area contributed by atoms with Gasteiger partial charge < -0.3 is 10.6 Å². The maximum absolute atomic E-state index is 5.86. The van der Waals surface area contributed by atoms with E-state index in [1.807, 2.05) is 6.92 Å². The molecule has 17 heavy (non-hydrogen) atoms. The average molecular weight is 316 g/mol. The Labute approximate surface area is 115 Å². The van der Waals surface area contributed by atoms with Crippen molar-refractivity contribution in [3.8, 4) is 0 Å². The van der Waals surface area contributed by atoms with Crippen LogP contribution in [0.3, 0.4) is 0 Å². The van der Waals surface area contributed by atoms with Crippen LogP contribution in [0, 0.1) is 6.92 Å². The molecular weight excluding hydrogens is 298 g/mol. The summed E-state index contributed by atoms with van der Waals surface area (Å²) in [7, 11) is 0. The first-order chi connectivity index (χ1) is 8.13. The lowest BCUT2D eigenvalue weighted by Gasteiger charge is -2.33. The van der Waals surface area contributed by atoms with Crippen LogP contribution >= 0.6 is 27.7 Å². The molecule has 0 aromatic carbocycles. The van der Waals surface area contributed by atoms with Gasteiger partial charge in [-0.05, 0) is 34.8 Å². The Balaban J connectivity index is 2.25. The minimum atomic E-state index is 0.718. The molecule has 1 unspecified atom stereocenters. The van der Waals surface area contributed by atoms with Gasteiger partial charge in [-0.1, -0.05) is 6.92 Å². The van der Waals surface area contributed by atoms with Gasteiger partial charge in [0, 0.05) is 24.1 Å². The third-order valence-corrected chi connectivity index (χ3v) is 5.50. The van der Waals surface area contributed by atoms with Gasteiger partial charge in [0.1, 0.15) is 5.82 Å². The summed E-state index contributed by atoms with van der Waals surface area (Å²) in [4.78, 5) is 6.84. The highest BCUT2D eigenvalue weighted by molar-refractivity contribution is 9.10. The molecule has 0 radical (unpaired) electrons. The van der Waals surface area contributed by atoms with Crippen LogP contribution in [-0.2, 0) is 0 Å². The number of nitrogen functional groups attached to an aromatic ring is 1. The highest BCUT2D eigenvalue weighted by atomic mass is 79.9. The first kappa shape index (κ1) is 13.0. The van der Waals surface area contributed by atoms with E-state index in [9.17, 15) is 0 Å². The Morgan fingerprint density at radius 1 is 1.65 bits per heavy atom. The lowest BCUT2D eigenvalue weighted by Crippen LogP contribution is -2.38. The first-order valence-electron chi connectivity index (χ1n) is 5.90. The van der Waals surface area contributed by atoms with Gasteiger partial charge in [-0.25, -0.2) is 4.98 Å². The SMILES string of the molecule is CCC1CN(c2ncc(N)c(C)c2Br)CCS1. The molecule has 2 heterocycles. The number of halogens is 1. The minimum absolute atomic E-state index is 0.718. The van der Waals surface area contributed by atoms with Crippen LogP contribution in [-0.4, -0.2) is 29.1 Å². The number of aromatic nitrogens is 1. The molecule has 2 rings (SSSR count). The van der Waals surface area contributed by atoms with Crippen molar-refractivity contribution < 1.29 is 0 Å². The van der Waals surface area contributed by atoms with E-state index in [1.54, 1.807) is 6.20 Å². The summed E-state index contributed by atoms with van der Waals surface area (Å²) >= 11 is 5.68. The Morgan fingerprint density at radius 2 is 2.41 bits per heavy atom. The van der Waals surface area contributed by atoms with Gasteiger partial charge in [-0.2, -0.15) is 11.8 Å². The molecule has 0 bridgehead atoms. The van der Waals surface area contributed by atoms with Crippen LogP contribution in [0.15, 0.2) is 10.7 Å². The van der Waals surface area contributed by atoms with Gasteiger partial charge in [0.15, 0.2) is 0 Å². The zero-order valence-corrected chi connectivity index (χ0v) is 12.6. The highest BCUT2D eigenvalue weighted by Gasteiger charge is 2.22. The van der Waals surface area contributed by atoms with Crippen molar-refractivity contribution in [3.63, 3.8) is 0 Å². The molecule has 5 heteroatoms. The van der Waals surface area contributed by atoms with Gasteiger partial charge in [-0.3, -0.25) is 0 Å². The van der Waals surface area contributed by atoms with Crippen molar-refractivity contribution in [2.75, 3.05) is 29.5 Å². The molecule has 94 valence electrons. The Hall–Kier alpha value is -0.420. The first-order valence-corrected chi connectivity index (χ1v) is 7.74. The fourth-order valence-corrected chi connectivity index (χ4v) is 3.72. The van der Waals surface area contributed by atoms with Crippen LogP contribution in [0.4, 0.5) is 11.5 Å². The Morgan fingerprint density at radius 3 is 3.12 bits per heavy atom. The monoisotopic (exact) mass is 315 g/mol. The van der Waals surface area contributed by atoms with E-state index in [4.69, 9.17) is 5.73 Å². The van der Waals surface area contributed by atoms with Gasteiger partial charge in [0.25, 0.3) is 0 Å². The van der Waals surface area contributed by atoms with E-state index in [0.29, 0.717) is 0 Å². The second-order valence-corrected chi connectivity index (χ2v) is 6.52. The maximum Gasteiger partial charge on any atom is 0.143 e. The third kappa shape index (κ3) is 2.71. The molecule has 1 fully saturated rings. The molecule has 0 spiro atoms. The number of thioether (sulfide) groups is 1. The van der Waals surface area contributed by atoms with Crippen molar-refractivity contribution in [1.29, 1.82) is 0 Å². The zero-order chi connectivity index (χ0) is 12.4. The van der Waals surface area contributed by atoms with Crippen molar-refractivity contribution in [1.82, 2.24) is 4.98 Å². The summed E-state index contributed by atoms with van der Waals surface area (Å²) in [5.41, 5.74) is 7.69. The van der Waals surface area contributed by atoms with E-state index in [0.717, 1.165) is 39.9 Å². The lowest BCUT2D eigenvalue weighted by molar-refractivity contribution is 0.718. The molecule has 1 aliphatic heterocycles. The van der Waals surface area contributed by atoms with Crippen molar-refractivity contribution in [2.45, 2.75) is 25.5 Å². The maximum atomic E-state index is 5.86. The Kier molecular flexibility index (Phi) is 4.20. The summed E-state index contributed by atoms with van der Waals surface area (Å²) < 4.78 is 1.04. The molecule has 1 aliphatic rings. The largest absolute Gasteiger partial charge is 0.397 e. The predicted octanol–water partition coefficient (Wildman–Crippen LogP) is 3.07. The average Bonchev–Trinajstić information content (AvgIpc) is 2.36. The van der Waals surface area contributed by atoms with Crippen molar-refractivity contribution in [2.24, 2.45) is 0 Å². The van der Waals surface area contributed by atoms with E-state index < -0.39 is 0 Å². The summed E-state index contributed by atoms with van der Waals surface area (Å²) in [5, 5.41) is 0.718. The molecule has 1 aromatic heterocycles. The van der Waals surface area contributed by atoms with Crippen LogP contribution in [0.2, 0.25) is 0 Å².